The summed E-state index contributed by atoms with van der Waals surface area (Å²) in [4.78, 5) is 25.1. The summed E-state index contributed by atoms with van der Waals surface area (Å²) in [5.41, 5.74) is 0. The standard InChI is InChI=1S/C66H119NO10/c1-3-5-7-9-11-13-14-15-16-24-28-31-34-38-42-46-50-54-62(71)75-55-51-47-43-39-35-32-29-26-23-21-19-17-18-20-22-25-27-30-33-37-41-45-49-53-61(70)67-58(59(69)52-48-44-40-36-12-10-8-6-4-2)57-76-66-65(74)64(73)63(72)60(56-68)77-66/h4,6,12,17,19-20,22,36,48,52,58-60,63-66,68-69,72-74H,3,5,7-11,13-16,18,21,23-35,37-47,49-51,53-57H2,1-2H3,(H,67,70)/b6-4+,19-17-,22-20-,36-12+,52-48+. The fourth-order valence-electron chi connectivity index (χ4n) is 9.86. The van der Waals surface area contributed by atoms with Gasteiger partial charge in [-0.2, -0.15) is 0 Å². The highest BCUT2D eigenvalue weighted by Gasteiger charge is 2.44. The van der Waals surface area contributed by atoms with Crippen LogP contribution in [-0.2, 0) is 23.8 Å². The molecule has 0 saturated carbocycles. The molecule has 1 rings (SSSR count). The van der Waals surface area contributed by atoms with Crippen molar-refractivity contribution >= 4 is 11.9 Å². The van der Waals surface area contributed by atoms with Gasteiger partial charge in [-0.05, 0) is 84.0 Å². The molecule has 11 nitrogen and oxygen atoms in total. The van der Waals surface area contributed by atoms with E-state index in [0.29, 0.717) is 25.9 Å². The second kappa shape index (κ2) is 55.3. The number of allylic oxidation sites excluding steroid dienone is 9. The maximum atomic E-state index is 13.0. The smallest absolute Gasteiger partial charge is 0.305 e. The third kappa shape index (κ3) is 44.8. The van der Waals surface area contributed by atoms with Gasteiger partial charge in [-0.1, -0.05) is 247 Å². The molecule has 0 aliphatic carbocycles. The lowest BCUT2D eigenvalue weighted by atomic mass is 9.99. The molecule has 1 aliphatic rings. The number of rotatable bonds is 55. The topological polar surface area (TPSA) is 175 Å². The van der Waals surface area contributed by atoms with Crippen LogP contribution in [0.2, 0.25) is 0 Å². The van der Waals surface area contributed by atoms with Gasteiger partial charge in [0, 0.05) is 12.8 Å². The Kier molecular flexibility index (Phi) is 52.0. The van der Waals surface area contributed by atoms with E-state index in [-0.39, 0.29) is 18.5 Å². The van der Waals surface area contributed by atoms with Crippen molar-refractivity contribution in [2.45, 2.75) is 326 Å². The van der Waals surface area contributed by atoms with Gasteiger partial charge in [-0.15, -0.1) is 0 Å². The second-order valence-electron chi connectivity index (χ2n) is 22.1. The molecule has 6 N–H and O–H groups in total. The highest BCUT2D eigenvalue weighted by atomic mass is 16.7. The number of carbonyl (C=O) groups excluding carboxylic acids is 2. The lowest BCUT2D eigenvalue weighted by molar-refractivity contribution is -0.302. The van der Waals surface area contributed by atoms with Crippen molar-refractivity contribution in [3.8, 4) is 0 Å². The molecule has 1 aliphatic heterocycles. The number of aliphatic hydroxyl groups excluding tert-OH is 5. The molecular weight excluding hydrogens is 967 g/mol. The largest absolute Gasteiger partial charge is 0.466 e. The number of hydrogen-bond acceptors (Lipinski definition) is 10. The van der Waals surface area contributed by atoms with Crippen LogP contribution in [0.4, 0.5) is 0 Å². The Hall–Kier alpha value is -2.64. The molecule has 7 atom stereocenters. The highest BCUT2D eigenvalue weighted by Crippen LogP contribution is 2.23. The first-order chi connectivity index (χ1) is 37.7. The monoisotopic (exact) mass is 1090 g/mol. The van der Waals surface area contributed by atoms with Crippen LogP contribution in [-0.4, -0.2) is 100 Å². The molecule has 0 aromatic rings. The van der Waals surface area contributed by atoms with Crippen LogP contribution in [0.25, 0.3) is 0 Å². The van der Waals surface area contributed by atoms with Crippen molar-refractivity contribution in [1.29, 1.82) is 0 Å². The summed E-state index contributed by atoms with van der Waals surface area (Å²) in [6.45, 7) is 4.08. The Labute approximate surface area is 471 Å². The number of ether oxygens (including phenoxy) is 3. The summed E-state index contributed by atoms with van der Waals surface area (Å²) in [5, 5.41) is 54.1. The van der Waals surface area contributed by atoms with Crippen molar-refractivity contribution in [2.75, 3.05) is 19.8 Å². The van der Waals surface area contributed by atoms with Gasteiger partial charge in [-0.25, -0.2) is 0 Å². The van der Waals surface area contributed by atoms with Gasteiger partial charge in [0.2, 0.25) is 5.91 Å². The minimum Gasteiger partial charge on any atom is -0.466 e. The average Bonchev–Trinajstić information content (AvgIpc) is 3.43. The maximum absolute atomic E-state index is 13.0. The fraction of sp³-hybridized carbons (Fsp3) is 0.818. The van der Waals surface area contributed by atoms with E-state index in [1.165, 1.54) is 161 Å². The van der Waals surface area contributed by atoms with Crippen molar-refractivity contribution in [3.05, 3.63) is 60.8 Å². The number of nitrogens with one attached hydrogen (secondary N) is 1. The van der Waals surface area contributed by atoms with Crippen LogP contribution >= 0.6 is 0 Å². The van der Waals surface area contributed by atoms with E-state index in [0.717, 1.165) is 89.9 Å². The van der Waals surface area contributed by atoms with Crippen LogP contribution in [0.5, 0.6) is 0 Å². The summed E-state index contributed by atoms with van der Waals surface area (Å²) >= 11 is 0. The van der Waals surface area contributed by atoms with Gasteiger partial charge in [0.1, 0.15) is 24.4 Å². The Morgan fingerprint density at radius 2 is 0.935 bits per heavy atom. The Morgan fingerprint density at radius 3 is 1.43 bits per heavy atom. The molecule has 0 aromatic carbocycles. The third-order valence-electron chi connectivity index (χ3n) is 14.9. The normalized spacial score (nSPS) is 19.0. The molecule has 0 bridgehead atoms. The van der Waals surface area contributed by atoms with E-state index < -0.39 is 49.5 Å². The van der Waals surface area contributed by atoms with Gasteiger partial charge in [-0.3, -0.25) is 9.59 Å². The predicted octanol–water partition coefficient (Wildman–Crippen LogP) is 15.4. The number of unbranched alkanes of at least 4 members (excludes halogenated alkanes) is 34. The van der Waals surface area contributed by atoms with Crippen molar-refractivity contribution in [2.24, 2.45) is 0 Å². The Balaban J connectivity index is 1.99. The van der Waals surface area contributed by atoms with Crippen molar-refractivity contribution in [1.82, 2.24) is 5.32 Å². The number of carbonyl (C=O) groups is 2. The molecule has 7 unspecified atom stereocenters. The van der Waals surface area contributed by atoms with Gasteiger partial charge in [0.15, 0.2) is 6.29 Å². The first-order valence-electron chi connectivity index (χ1n) is 32.0. The predicted molar refractivity (Wildman–Crippen MR) is 320 cm³/mol. The fourth-order valence-corrected chi connectivity index (χ4v) is 9.86. The molecule has 11 heteroatoms. The van der Waals surface area contributed by atoms with Gasteiger partial charge in [0.25, 0.3) is 0 Å². The molecule has 1 heterocycles. The lowest BCUT2D eigenvalue weighted by Gasteiger charge is -2.40. The molecule has 0 aromatic heterocycles. The van der Waals surface area contributed by atoms with Crippen molar-refractivity contribution < 1.29 is 49.3 Å². The van der Waals surface area contributed by atoms with Gasteiger partial charge >= 0.3 is 5.97 Å². The van der Waals surface area contributed by atoms with Crippen LogP contribution in [0.15, 0.2) is 60.8 Å². The van der Waals surface area contributed by atoms with E-state index in [1.807, 2.05) is 19.1 Å². The summed E-state index contributed by atoms with van der Waals surface area (Å²) < 4.78 is 16.7. The Bertz CT molecular complexity index is 1460. The minimum absolute atomic E-state index is 0.00213. The molecule has 0 radical (unpaired) electrons. The van der Waals surface area contributed by atoms with Crippen LogP contribution < -0.4 is 5.32 Å². The van der Waals surface area contributed by atoms with E-state index in [2.05, 4.69) is 54.8 Å². The molecule has 1 fully saturated rings. The van der Waals surface area contributed by atoms with Gasteiger partial charge < -0.3 is 45.1 Å². The first-order valence-corrected chi connectivity index (χ1v) is 32.0. The third-order valence-corrected chi connectivity index (χ3v) is 14.9. The quantitative estimate of drug-likeness (QED) is 0.0195. The van der Waals surface area contributed by atoms with Crippen LogP contribution in [0.3, 0.4) is 0 Å². The molecular formula is C66H119NO10. The summed E-state index contributed by atoms with van der Waals surface area (Å²) in [6.07, 6.45) is 62.3. The lowest BCUT2D eigenvalue weighted by Crippen LogP contribution is -2.60. The van der Waals surface area contributed by atoms with Crippen molar-refractivity contribution in [3.63, 3.8) is 0 Å². The molecule has 1 saturated heterocycles. The number of esters is 1. The number of amides is 1. The van der Waals surface area contributed by atoms with Gasteiger partial charge in [0.05, 0.1) is 32.0 Å². The molecule has 77 heavy (non-hydrogen) atoms. The number of aliphatic hydroxyl groups is 5. The Morgan fingerprint density at radius 1 is 0.506 bits per heavy atom. The minimum atomic E-state index is -1.58. The van der Waals surface area contributed by atoms with E-state index in [1.54, 1.807) is 6.08 Å². The summed E-state index contributed by atoms with van der Waals surface area (Å²) in [6, 6.07) is -0.842. The SMILES string of the molecule is C/C=C/CC/C=C/CC/C=C/C(O)C(COC1OC(CO)C(O)C(O)C1O)NC(=O)CCCCCCCCC/C=C\C/C=C\CCCCCCCCCCCOC(=O)CCCCCCCCCCCCCCCCCCC. The first kappa shape index (κ1) is 72.4. The molecule has 448 valence electrons. The molecule has 1 amide bonds. The maximum Gasteiger partial charge on any atom is 0.305 e. The zero-order valence-electron chi connectivity index (χ0n) is 49.4. The number of hydrogen-bond donors (Lipinski definition) is 6. The zero-order chi connectivity index (χ0) is 55.9. The van der Waals surface area contributed by atoms with E-state index >= 15 is 0 Å². The summed E-state index contributed by atoms with van der Waals surface area (Å²) in [5.74, 6) is -0.213. The highest BCUT2D eigenvalue weighted by molar-refractivity contribution is 5.76. The van der Waals surface area contributed by atoms with E-state index in [9.17, 15) is 35.1 Å². The molecule has 0 spiro atoms. The van der Waals surface area contributed by atoms with E-state index in [4.69, 9.17) is 14.2 Å². The zero-order valence-corrected chi connectivity index (χ0v) is 49.4. The average molecular weight is 1090 g/mol. The second-order valence-corrected chi connectivity index (χ2v) is 22.1. The van der Waals surface area contributed by atoms with Crippen LogP contribution in [0, 0.1) is 0 Å². The van der Waals surface area contributed by atoms with Crippen LogP contribution in [0.1, 0.15) is 284 Å². The summed E-state index contributed by atoms with van der Waals surface area (Å²) in [7, 11) is 0.